The van der Waals surface area contributed by atoms with Gasteiger partial charge in [0.05, 0.1) is 0 Å². The average Bonchev–Trinajstić information content (AvgIpc) is 0.432. The van der Waals surface area contributed by atoms with Crippen LogP contribution in [0.1, 0.15) is 16.7 Å². The molecule has 0 aliphatic carbocycles. The van der Waals surface area contributed by atoms with E-state index in [1.807, 2.05) is 18.6 Å². The first kappa shape index (κ1) is 73.3. The van der Waals surface area contributed by atoms with Crippen LogP contribution < -0.4 is 47.7 Å². The van der Waals surface area contributed by atoms with E-state index in [1.165, 1.54) is 113 Å². The summed E-state index contributed by atoms with van der Waals surface area (Å²) in [4.78, 5) is 14.8. The molecule has 0 N–H and O–H groups in total. The van der Waals surface area contributed by atoms with E-state index in [0.717, 1.165) is 16.6 Å². The zero-order chi connectivity index (χ0) is 69.6. The van der Waals surface area contributed by atoms with Gasteiger partial charge in [0.15, 0.2) is 0 Å². The summed E-state index contributed by atoms with van der Waals surface area (Å²) in [6.45, 7) is 6.58. The molecule has 0 spiro atoms. The number of fused-ring (bicyclic) bond motifs is 9. The van der Waals surface area contributed by atoms with Crippen molar-refractivity contribution in [2.75, 3.05) is 0 Å². The predicted molar refractivity (Wildman–Crippen MR) is 399 cm³/mol. The molecule has 0 aliphatic heterocycles. The molecule has 0 saturated carbocycles. The minimum atomic E-state index is -10.7. The molecule has 3 heterocycles. The fourth-order valence-corrected chi connectivity index (χ4v) is 20.4. The van der Waals surface area contributed by atoms with Crippen molar-refractivity contribution in [2.45, 2.75) is 20.8 Å². The SMILES string of the molecule is Cc1cc([PH+](c2ccccc2)c2ccccc2)c2ncc3ccccc3c2c1.Cc1cc([PH+](c2ccccc2)c2ccccc2)c2ncc3ccccc3c2c1.Cc1cc([PH+](c2ccccc2)c2ccccc2)c2ncc3ccccc3c2c1.F[P-](F)(F)(F)(F)F.F[P-](F)(F)(F)(F)F.[Ru+2]. The van der Waals surface area contributed by atoms with E-state index in [9.17, 15) is 50.4 Å². The number of pyridine rings is 3. The number of benzene rings is 12. The van der Waals surface area contributed by atoms with Crippen LogP contribution in [-0.2, 0) is 19.5 Å². The van der Waals surface area contributed by atoms with Gasteiger partial charge in [-0.25, -0.2) is 0 Å². The monoisotopic (exact) mass is 1530 g/mol. The predicted octanol–water partition coefficient (Wildman–Crippen LogP) is 22.3. The zero-order valence-electron chi connectivity index (χ0n) is 53.1. The second-order valence-electron chi connectivity index (χ2n) is 23.4. The van der Waals surface area contributed by atoms with Crippen LogP contribution in [0.3, 0.4) is 0 Å². The fraction of sp³-hybridized carbons (Fsp3) is 0.0385. The molecule has 0 aliphatic rings. The molecule has 0 amide bonds. The molecule has 504 valence electrons. The van der Waals surface area contributed by atoms with Gasteiger partial charge in [0.25, 0.3) is 0 Å². The molecule has 3 aromatic heterocycles. The number of aryl methyl sites for hydroxylation is 3. The molecule has 0 bridgehead atoms. The van der Waals surface area contributed by atoms with Crippen LogP contribution in [0, 0.1) is 20.8 Å². The molecule has 0 fully saturated rings. The summed E-state index contributed by atoms with van der Waals surface area (Å²) < 4.78 is 118. The van der Waals surface area contributed by atoms with Crippen LogP contribution in [0.15, 0.2) is 310 Å². The standard InChI is InChI=1S/3C26H20NP.2F6P.Ru/c3*1-19-16-24-23-15-9-8-10-20(23)18-27-26(24)25(17-19)28(21-11-4-2-5-12-21)22-13-6-3-7-14-22;2*1-7(2,3,4,5)6;/h3*2-18H,1H3;;;/q;;;2*-1;+2/p+3. The van der Waals surface area contributed by atoms with Crippen LogP contribution in [0.4, 0.5) is 50.4 Å². The second-order valence-corrected chi connectivity index (χ2v) is 34.6. The van der Waals surface area contributed by atoms with Crippen LogP contribution in [0.25, 0.3) is 65.0 Å². The number of hydrogen-bond acceptors (Lipinski definition) is 3. The third-order valence-electron chi connectivity index (χ3n) is 15.7. The molecule has 0 atom stereocenters. The van der Waals surface area contributed by atoms with E-state index in [4.69, 9.17) is 15.0 Å². The van der Waals surface area contributed by atoms with Gasteiger partial charge in [0.1, 0.15) is 88.1 Å². The van der Waals surface area contributed by atoms with E-state index in [1.54, 1.807) is 0 Å². The quantitative estimate of drug-likeness (QED) is 0.0626. The maximum Gasteiger partial charge on any atom is 2.00 e. The van der Waals surface area contributed by atoms with Crippen molar-refractivity contribution < 1.29 is 69.8 Å². The Kier molecular flexibility index (Phi) is 21.2. The molecule has 99 heavy (non-hydrogen) atoms. The largest absolute Gasteiger partial charge is 2.00 e. The van der Waals surface area contributed by atoms with Gasteiger partial charge >= 0.3 is 85.5 Å². The Morgan fingerprint density at radius 3 is 0.596 bits per heavy atom. The Labute approximate surface area is 580 Å². The van der Waals surface area contributed by atoms with Gasteiger partial charge < -0.3 is 0 Å². The van der Waals surface area contributed by atoms with Gasteiger partial charge in [-0.1, -0.05) is 182 Å². The summed E-state index contributed by atoms with van der Waals surface area (Å²) in [6.07, 6.45) is 6.06. The van der Waals surface area contributed by atoms with Crippen molar-refractivity contribution in [3.63, 3.8) is 0 Å². The fourth-order valence-electron chi connectivity index (χ4n) is 12.0. The normalized spacial score (nSPS) is 12.9. The Hall–Kier alpha value is -8.42. The molecule has 3 nitrogen and oxygen atoms in total. The molecular weight excluding hydrogens is 1460 g/mol. The van der Waals surface area contributed by atoms with Gasteiger partial charge in [0.2, 0.25) is 0 Å². The summed E-state index contributed by atoms with van der Waals surface area (Å²) in [5.41, 5.74) is 7.25. The molecule has 0 unspecified atom stereocenters. The zero-order valence-corrected chi connectivity index (χ0v) is 59.6. The van der Waals surface area contributed by atoms with Crippen LogP contribution in [-0.4, -0.2) is 15.0 Å². The van der Waals surface area contributed by atoms with E-state index < -0.39 is 39.4 Å². The molecule has 0 saturated heterocycles. The first-order chi connectivity index (χ1) is 46.3. The number of hydrogen-bond donors (Lipinski definition) is 0. The molecule has 12 aromatic carbocycles. The van der Waals surface area contributed by atoms with Crippen molar-refractivity contribution in [3.05, 3.63) is 326 Å². The number of nitrogens with zero attached hydrogens (tertiary/aromatic N) is 3. The van der Waals surface area contributed by atoms with Crippen molar-refractivity contribution in [3.8, 4) is 0 Å². The minimum Gasteiger partial charge on any atom is 2.00 e. The van der Waals surface area contributed by atoms with E-state index in [2.05, 4.69) is 312 Å². The first-order valence-corrected chi connectivity index (χ1v) is 39.3. The van der Waals surface area contributed by atoms with Crippen LogP contribution in [0.2, 0.25) is 0 Å². The van der Waals surface area contributed by atoms with Gasteiger partial charge in [-0.15, -0.1) is 0 Å². The average molecular weight is 1530 g/mol. The summed E-state index contributed by atoms with van der Waals surface area (Å²) >= 11 is 0. The third kappa shape index (κ3) is 20.4. The molecular formula is C78H63F12N3P5Ru+3. The maximum absolute atomic E-state index is 10.7. The van der Waals surface area contributed by atoms with E-state index >= 15 is 0 Å². The van der Waals surface area contributed by atoms with E-state index in [0.29, 0.717) is 0 Å². The van der Waals surface area contributed by atoms with Gasteiger partial charge in [-0.3, -0.25) is 15.0 Å². The number of aromatic nitrogens is 3. The Bertz CT molecular complexity index is 4670. The Morgan fingerprint density at radius 2 is 0.404 bits per heavy atom. The number of rotatable bonds is 9. The second kappa shape index (κ2) is 28.7. The van der Waals surface area contributed by atoms with Crippen molar-refractivity contribution in [1.29, 1.82) is 0 Å². The summed E-state index contributed by atoms with van der Waals surface area (Å²) in [5.74, 6) is 0. The van der Waals surface area contributed by atoms with Gasteiger partial charge in [-0.05, 0) is 163 Å². The molecule has 0 radical (unpaired) electrons. The topological polar surface area (TPSA) is 38.7 Å². The molecule has 21 heteroatoms. The third-order valence-corrected chi connectivity index (χ3v) is 23.9. The first-order valence-electron chi connectivity index (χ1n) is 30.8. The molecule has 15 aromatic rings. The Morgan fingerprint density at radius 1 is 0.232 bits per heavy atom. The van der Waals surface area contributed by atoms with Gasteiger partial charge in [-0.2, -0.15) is 0 Å². The van der Waals surface area contributed by atoms with Crippen molar-refractivity contribution in [1.82, 2.24) is 15.0 Å². The van der Waals surface area contributed by atoms with Crippen LogP contribution in [0.5, 0.6) is 0 Å². The number of halogens is 12. The van der Waals surface area contributed by atoms with Crippen molar-refractivity contribution >= 4 is 152 Å². The maximum atomic E-state index is 9.87. The van der Waals surface area contributed by atoms with Crippen molar-refractivity contribution in [2.24, 2.45) is 0 Å². The van der Waals surface area contributed by atoms with Gasteiger partial charge in [0, 0.05) is 50.9 Å². The Balaban J connectivity index is 0.000000146. The molecule has 15 rings (SSSR count). The minimum absolute atomic E-state index is 0. The van der Waals surface area contributed by atoms with Crippen LogP contribution >= 0.6 is 39.4 Å². The van der Waals surface area contributed by atoms with E-state index in [-0.39, 0.29) is 19.5 Å². The summed E-state index contributed by atoms with van der Waals surface area (Å²) in [7, 11) is -24.8. The summed E-state index contributed by atoms with van der Waals surface area (Å²) in [6, 6.07) is 105. The summed E-state index contributed by atoms with van der Waals surface area (Å²) in [5, 5.41) is 23.6. The smallest absolute Gasteiger partial charge is 2.00 e.